The molecule has 0 aliphatic carbocycles. The molecule has 0 heterocycles. The predicted octanol–water partition coefficient (Wildman–Crippen LogP) is 3.91. The smallest absolute Gasteiger partial charge is 0.133 e. The topological polar surface area (TPSA) is 41.5 Å². The fourth-order valence-corrected chi connectivity index (χ4v) is 2.63. The lowest BCUT2D eigenvalue weighted by molar-refractivity contribution is 0.276. The van der Waals surface area contributed by atoms with E-state index in [0.29, 0.717) is 0 Å². The highest BCUT2D eigenvalue weighted by Gasteiger charge is 2.12. The molecule has 0 aliphatic heterocycles. The van der Waals surface area contributed by atoms with Crippen LogP contribution in [-0.4, -0.2) is 18.8 Å². The van der Waals surface area contributed by atoms with E-state index in [1.54, 1.807) is 7.11 Å². The highest BCUT2D eigenvalue weighted by Crippen LogP contribution is 2.29. The molecule has 3 nitrogen and oxygen atoms in total. The molecular weight excluding hydrogens is 318 g/mol. The van der Waals surface area contributed by atoms with Crippen LogP contribution >= 0.6 is 15.9 Å². The molecule has 1 unspecified atom stereocenters. The average Bonchev–Trinajstić information content (AvgIpc) is 2.44. The quantitative estimate of drug-likeness (QED) is 0.870. The average molecular weight is 336 g/mol. The van der Waals surface area contributed by atoms with Crippen LogP contribution in [0.3, 0.4) is 0 Å². The molecule has 2 aromatic rings. The number of aliphatic hydroxyl groups excluding tert-OH is 1. The number of aliphatic hydroxyl groups is 1. The molecule has 2 rings (SSSR count). The summed E-state index contributed by atoms with van der Waals surface area (Å²) in [5.41, 5.74) is 3.18. The van der Waals surface area contributed by atoms with E-state index in [1.165, 1.54) is 5.56 Å². The van der Waals surface area contributed by atoms with Crippen LogP contribution in [0.4, 0.5) is 5.69 Å². The van der Waals surface area contributed by atoms with Gasteiger partial charge in [-0.25, -0.2) is 0 Å². The van der Waals surface area contributed by atoms with Gasteiger partial charge < -0.3 is 15.2 Å². The highest BCUT2D eigenvalue weighted by atomic mass is 79.9. The van der Waals surface area contributed by atoms with Crippen molar-refractivity contribution >= 4 is 21.6 Å². The van der Waals surface area contributed by atoms with Crippen molar-refractivity contribution in [3.8, 4) is 5.75 Å². The van der Waals surface area contributed by atoms with Crippen molar-refractivity contribution in [2.45, 2.75) is 13.0 Å². The number of nitrogens with one attached hydrogen (secondary N) is 1. The second-order valence-corrected chi connectivity index (χ2v) is 5.50. The number of hydrogen-bond acceptors (Lipinski definition) is 3. The van der Waals surface area contributed by atoms with E-state index in [0.717, 1.165) is 21.5 Å². The normalized spacial score (nSPS) is 12.0. The van der Waals surface area contributed by atoms with E-state index in [-0.39, 0.29) is 12.6 Å². The summed E-state index contributed by atoms with van der Waals surface area (Å²) in [5, 5.41) is 13.0. The van der Waals surface area contributed by atoms with Gasteiger partial charge in [0, 0.05) is 5.69 Å². The van der Waals surface area contributed by atoms with Gasteiger partial charge in [-0.3, -0.25) is 0 Å². The van der Waals surface area contributed by atoms with E-state index in [2.05, 4.69) is 27.3 Å². The zero-order chi connectivity index (χ0) is 14.5. The number of methoxy groups -OCH3 is 1. The lowest BCUT2D eigenvalue weighted by Gasteiger charge is -2.19. The van der Waals surface area contributed by atoms with E-state index >= 15 is 0 Å². The Morgan fingerprint density at radius 3 is 2.65 bits per heavy atom. The summed E-state index contributed by atoms with van der Waals surface area (Å²) in [6.45, 7) is 2.07. The van der Waals surface area contributed by atoms with Crippen LogP contribution in [-0.2, 0) is 0 Å². The van der Waals surface area contributed by atoms with Gasteiger partial charge >= 0.3 is 0 Å². The van der Waals surface area contributed by atoms with Crippen LogP contribution in [0, 0.1) is 6.92 Å². The minimum atomic E-state index is -0.154. The molecule has 0 saturated heterocycles. The number of rotatable bonds is 5. The monoisotopic (exact) mass is 335 g/mol. The molecule has 4 heteroatoms. The maximum absolute atomic E-state index is 9.62. The maximum Gasteiger partial charge on any atom is 0.133 e. The molecule has 0 bridgehead atoms. The number of ether oxygens (including phenoxy) is 1. The Kier molecular flexibility index (Phi) is 5.04. The Bertz CT molecular complexity index is 586. The summed E-state index contributed by atoms with van der Waals surface area (Å²) in [6, 6.07) is 13.7. The zero-order valence-electron chi connectivity index (χ0n) is 11.6. The third kappa shape index (κ3) is 3.52. The minimum Gasteiger partial charge on any atom is -0.496 e. The van der Waals surface area contributed by atoms with Gasteiger partial charge in [0.05, 0.1) is 24.2 Å². The first-order valence-electron chi connectivity index (χ1n) is 6.41. The molecule has 0 spiro atoms. The van der Waals surface area contributed by atoms with Gasteiger partial charge in [0.2, 0.25) is 0 Å². The number of anilines is 1. The summed E-state index contributed by atoms with van der Waals surface area (Å²) in [4.78, 5) is 0. The molecule has 1 atom stereocenters. The minimum absolute atomic E-state index is 0.0205. The Morgan fingerprint density at radius 2 is 2.05 bits per heavy atom. The first-order chi connectivity index (χ1) is 9.63. The largest absolute Gasteiger partial charge is 0.496 e. The third-order valence-electron chi connectivity index (χ3n) is 3.12. The van der Waals surface area contributed by atoms with Gasteiger partial charge in [0.1, 0.15) is 5.75 Å². The fourth-order valence-electron chi connectivity index (χ4n) is 2.07. The first-order valence-corrected chi connectivity index (χ1v) is 7.21. The summed E-state index contributed by atoms with van der Waals surface area (Å²) < 4.78 is 6.09. The molecule has 0 saturated carbocycles. The highest BCUT2D eigenvalue weighted by molar-refractivity contribution is 9.10. The van der Waals surface area contributed by atoms with Gasteiger partial charge in [-0.05, 0) is 58.2 Å². The molecular formula is C16H18BrNO2. The van der Waals surface area contributed by atoms with Gasteiger partial charge in [-0.15, -0.1) is 0 Å². The second kappa shape index (κ2) is 6.77. The van der Waals surface area contributed by atoms with Crippen LogP contribution in [0.25, 0.3) is 0 Å². The van der Waals surface area contributed by atoms with Crippen molar-refractivity contribution < 1.29 is 9.84 Å². The molecule has 0 fully saturated rings. The van der Waals surface area contributed by atoms with Crippen molar-refractivity contribution in [1.29, 1.82) is 0 Å². The summed E-state index contributed by atoms with van der Waals surface area (Å²) in [7, 11) is 1.63. The van der Waals surface area contributed by atoms with Gasteiger partial charge in [-0.2, -0.15) is 0 Å². The second-order valence-electron chi connectivity index (χ2n) is 4.64. The van der Waals surface area contributed by atoms with Crippen LogP contribution < -0.4 is 10.1 Å². The van der Waals surface area contributed by atoms with Crippen LogP contribution in [0.5, 0.6) is 5.75 Å². The molecule has 2 aromatic carbocycles. The SMILES string of the molecule is COc1ccc(C(CO)Nc2cccc(C)c2)cc1Br. The predicted molar refractivity (Wildman–Crippen MR) is 85.3 cm³/mol. The number of benzene rings is 2. The van der Waals surface area contributed by atoms with Gasteiger partial charge in [-0.1, -0.05) is 18.2 Å². The van der Waals surface area contributed by atoms with Crippen LogP contribution in [0.2, 0.25) is 0 Å². The van der Waals surface area contributed by atoms with E-state index in [1.807, 2.05) is 43.3 Å². The maximum atomic E-state index is 9.62. The third-order valence-corrected chi connectivity index (χ3v) is 3.74. The van der Waals surface area contributed by atoms with Crippen LogP contribution in [0.1, 0.15) is 17.2 Å². The first kappa shape index (κ1) is 14.9. The number of aryl methyl sites for hydroxylation is 1. The number of halogens is 1. The molecule has 0 aromatic heterocycles. The van der Waals surface area contributed by atoms with E-state index < -0.39 is 0 Å². The molecule has 0 radical (unpaired) electrons. The Morgan fingerprint density at radius 1 is 1.25 bits per heavy atom. The van der Waals surface area contributed by atoms with Crippen molar-refractivity contribution in [2.75, 3.05) is 19.0 Å². The van der Waals surface area contributed by atoms with Crippen LogP contribution in [0.15, 0.2) is 46.9 Å². The Balaban J connectivity index is 2.22. The van der Waals surface area contributed by atoms with Gasteiger partial charge in [0.25, 0.3) is 0 Å². The van der Waals surface area contributed by atoms with Crippen molar-refractivity contribution in [2.24, 2.45) is 0 Å². The standard InChI is InChI=1S/C16H18BrNO2/c1-11-4-3-5-13(8-11)18-15(10-19)12-6-7-16(20-2)14(17)9-12/h3-9,15,18-19H,10H2,1-2H3. The van der Waals surface area contributed by atoms with E-state index in [9.17, 15) is 5.11 Å². The van der Waals surface area contributed by atoms with Crippen molar-refractivity contribution in [3.05, 3.63) is 58.1 Å². The fraction of sp³-hybridized carbons (Fsp3) is 0.250. The molecule has 20 heavy (non-hydrogen) atoms. The molecule has 2 N–H and O–H groups in total. The molecule has 106 valence electrons. The van der Waals surface area contributed by atoms with Crippen molar-refractivity contribution in [1.82, 2.24) is 0 Å². The van der Waals surface area contributed by atoms with Crippen molar-refractivity contribution in [3.63, 3.8) is 0 Å². The summed E-state index contributed by atoms with van der Waals surface area (Å²) in [6.07, 6.45) is 0. The van der Waals surface area contributed by atoms with E-state index in [4.69, 9.17) is 4.74 Å². The summed E-state index contributed by atoms with van der Waals surface area (Å²) in [5.74, 6) is 0.779. The lowest BCUT2D eigenvalue weighted by atomic mass is 10.1. The Hall–Kier alpha value is -1.52. The number of hydrogen-bond donors (Lipinski definition) is 2. The molecule has 0 aliphatic rings. The summed E-state index contributed by atoms with van der Waals surface area (Å²) >= 11 is 3.47. The molecule has 0 amide bonds. The zero-order valence-corrected chi connectivity index (χ0v) is 13.1. The Labute approximate surface area is 127 Å². The lowest BCUT2D eigenvalue weighted by Crippen LogP contribution is -2.15. The van der Waals surface area contributed by atoms with Gasteiger partial charge in [0.15, 0.2) is 0 Å².